The molecule has 2 heteroatoms. The molecule has 0 atom stereocenters. The Hall–Kier alpha value is -1.64. The molecule has 1 aliphatic heterocycles. The van der Waals surface area contributed by atoms with Crippen LogP contribution in [0.4, 0.5) is 0 Å². The molecule has 0 amide bonds. The van der Waals surface area contributed by atoms with E-state index in [2.05, 4.69) is 70.5 Å². The summed E-state index contributed by atoms with van der Waals surface area (Å²) in [6.07, 6.45) is 3.65. The van der Waals surface area contributed by atoms with Crippen LogP contribution in [0.5, 0.6) is 0 Å². The molecule has 2 aromatic carbocycles. The SMILES string of the molecule is c1ccc(CCCN2CCN(CCc3ccccc3)CC2)cc1. The second kappa shape index (κ2) is 8.85. The van der Waals surface area contributed by atoms with E-state index >= 15 is 0 Å². The first-order chi connectivity index (χ1) is 11.4. The van der Waals surface area contributed by atoms with E-state index in [0.717, 1.165) is 0 Å². The number of hydrogen-bond donors (Lipinski definition) is 0. The molecule has 0 bridgehead atoms. The van der Waals surface area contributed by atoms with Gasteiger partial charge in [0.2, 0.25) is 0 Å². The van der Waals surface area contributed by atoms with Crippen LogP contribution in [-0.2, 0) is 12.8 Å². The van der Waals surface area contributed by atoms with Gasteiger partial charge in [-0.3, -0.25) is 0 Å². The Balaban J connectivity index is 1.31. The summed E-state index contributed by atoms with van der Waals surface area (Å²) in [6, 6.07) is 21.7. The highest BCUT2D eigenvalue weighted by Gasteiger charge is 2.15. The molecule has 1 heterocycles. The van der Waals surface area contributed by atoms with E-state index in [9.17, 15) is 0 Å². The molecule has 0 aliphatic carbocycles. The lowest BCUT2D eigenvalue weighted by atomic mass is 10.1. The van der Waals surface area contributed by atoms with E-state index in [0.29, 0.717) is 0 Å². The van der Waals surface area contributed by atoms with Gasteiger partial charge < -0.3 is 9.80 Å². The molecule has 0 unspecified atom stereocenters. The fourth-order valence-electron chi connectivity index (χ4n) is 3.32. The Bertz CT molecular complexity index is 545. The molecule has 0 saturated carbocycles. The molecule has 0 N–H and O–H groups in total. The molecular weight excluding hydrogens is 280 g/mol. The van der Waals surface area contributed by atoms with E-state index in [1.807, 2.05) is 0 Å². The summed E-state index contributed by atoms with van der Waals surface area (Å²) in [6.45, 7) is 7.33. The van der Waals surface area contributed by atoms with Gasteiger partial charge in [0.1, 0.15) is 0 Å². The van der Waals surface area contributed by atoms with Crippen molar-refractivity contribution < 1.29 is 0 Å². The number of hydrogen-bond acceptors (Lipinski definition) is 2. The summed E-state index contributed by atoms with van der Waals surface area (Å²) < 4.78 is 0. The third-order valence-corrected chi connectivity index (χ3v) is 4.81. The zero-order valence-corrected chi connectivity index (χ0v) is 14.0. The molecule has 23 heavy (non-hydrogen) atoms. The molecule has 1 saturated heterocycles. The number of benzene rings is 2. The van der Waals surface area contributed by atoms with Crippen molar-refractivity contribution in [3.63, 3.8) is 0 Å². The van der Waals surface area contributed by atoms with Crippen molar-refractivity contribution in [2.24, 2.45) is 0 Å². The van der Waals surface area contributed by atoms with Crippen LogP contribution >= 0.6 is 0 Å². The van der Waals surface area contributed by atoms with Gasteiger partial charge in [-0.2, -0.15) is 0 Å². The summed E-state index contributed by atoms with van der Waals surface area (Å²) in [5.41, 5.74) is 2.92. The van der Waals surface area contributed by atoms with E-state index in [-0.39, 0.29) is 0 Å². The molecular formula is C21H28N2. The van der Waals surface area contributed by atoms with Gasteiger partial charge >= 0.3 is 0 Å². The summed E-state index contributed by atoms with van der Waals surface area (Å²) in [5.74, 6) is 0. The quantitative estimate of drug-likeness (QED) is 0.772. The zero-order valence-electron chi connectivity index (χ0n) is 14.0. The van der Waals surface area contributed by atoms with E-state index < -0.39 is 0 Å². The van der Waals surface area contributed by atoms with Crippen molar-refractivity contribution in [3.05, 3.63) is 71.8 Å². The lowest BCUT2D eigenvalue weighted by Crippen LogP contribution is -2.47. The van der Waals surface area contributed by atoms with Crippen molar-refractivity contribution in [3.8, 4) is 0 Å². The molecule has 2 aromatic rings. The first-order valence-electron chi connectivity index (χ1n) is 8.93. The maximum Gasteiger partial charge on any atom is 0.0110 e. The van der Waals surface area contributed by atoms with Gasteiger partial charge in [0.15, 0.2) is 0 Å². The first-order valence-corrected chi connectivity index (χ1v) is 8.93. The van der Waals surface area contributed by atoms with Crippen LogP contribution in [0.15, 0.2) is 60.7 Å². The van der Waals surface area contributed by atoms with Crippen molar-refractivity contribution in [2.45, 2.75) is 19.3 Å². The molecule has 122 valence electrons. The Morgan fingerprint density at radius 1 is 0.565 bits per heavy atom. The van der Waals surface area contributed by atoms with Crippen LogP contribution in [0.3, 0.4) is 0 Å². The standard InChI is InChI=1S/C21H28N2/c1-3-8-20(9-4-1)12-7-14-22-16-18-23(19-17-22)15-13-21-10-5-2-6-11-21/h1-6,8-11H,7,12-19H2. The van der Waals surface area contributed by atoms with Gasteiger partial charge in [0.05, 0.1) is 0 Å². The first kappa shape index (κ1) is 16.2. The van der Waals surface area contributed by atoms with E-state index in [1.165, 1.54) is 69.7 Å². The Morgan fingerprint density at radius 2 is 1.04 bits per heavy atom. The lowest BCUT2D eigenvalue weighted by Gasteiger charge is -2.34. The third kappa shape index (κ3) is 5.49. The number of aryl methyl sites for hydroxylation is 1. The normalized spacial score (nSPS) is 16.5. The Labute approximate surface area is 140 Å². The maximum absolute atomic E-state index is 2.63. The minimum absolute atomic E-state index is 1.18. The summed E-state index contributed by atoms with van der Waals surface area (Å²) >= 11 is 0. The minimum Gasteiger partial charge on any atom is -0.301 e. The van der Waals surface area contributed by atoms with Crippen LogP contribution in [0.2, 0.25) is 0 Å². The summed E-state index contributed by atoms with van der Waals surface area (Å²) in [5, 5.41) is 0. The number of nitrogens with zero attached hydrogens (tertiary/aromatic N) is 2. The van der Waals surface area contributed by atoms with E-state index in [4.69, 9.17) is 0 Å². The van der Waals surface area contributed by atoms with Gasteiger partial charge in [-0.15, -0.1) is 0 Å². The highest BCUT2D eigenvalue weighted by Crippen LogP contribution is 2.08. The number of piperazine rings is 1. The van der Waals surface area contributed by atoms with Crippen molar-refractivity contribution in [1.82, 2.24) is 9.80 Å². The monoisotopic (exact) mass is 308 g/mol. The van der Waals surface area contributed by atoms with Gasteiger partial charge in [-0.25, -0.2) is 0 Å². The van der Waals surface area contributed by atoms with Crippen molar-refractivity contribution in [1.29, 1.82) is 0 Å². The highest BCUT2D eigenvalue weighted by atomic mass is 15.3. The molecule has 1 fully saturated rings. The molecule has 0 radical (unpaired) electrons. The average molecular weight is 308 g/mol. The fourth-order valence-corrected chi connectivity index (χ4v) is 3.32. The van der Waals surface area contributed by atoms with E-state index in [1.54, 1.807) is 0 Å². The van der Waals surface area contributed by atoms with Crippen LogP contribution in [0.25, 0.3) is 0 Å². The smallest absolute Gasteiger partial charge is 0.0110 e. The second-order valence-electron chi connectivity index (χ2n) is 6.51. The van der Waals surface area contributed by atoms with Gasteiger partial charge in [0.25, 0.3) is 0 Å². The van der Waals surface area contributed by atoms with Crippen molar-refractivity contribution >= 4 is 0 Å². The summed E-state index contributed by atoms with van der Waals surface area (Å²) in [4.78, 5) is 5.24. The fraction of sp³-hybridized carbons (Fsp3) is 0.429. The van der Waals surface area contributed by atoms with Gasteiger partial charge in [0, 0.05) is 32.7 Å². The molecule has 1 aliphatic rings. The van der Waals surface area contributed by atoms with Gasteiger partial charge in [-0.05, 0) is 36.9 Å². The highest BCUT2D eigenvalue weighted by molar-refractivity contribution is 5.15. The zero-order chi connectivity index (χ0) is 15.7. The Kier molecular flexibility index (Phi) is 6.25. The average Bonchev–Trinajstić information content (AvgIpc) is 2.63. The van der Waals surface area contributed by atoms with Crippen LogP contribution in [-0.4, -0.2) is 49.1 Å². The second-order valence-corrected chi connectivity index (χ2v) is 6.51. The van der Waals surface area contributed by atoms with Crippen LogP contribution in [0.1, 0.15) is 17.5 Å². The lowest BCUT2D eigenvalue weighted by molar-refractivity contribution is 0.132. The third-order valence-electron chi connectivity index (χ3n) is 4.81. The predicted octanol–water partition coefficient (Wildman–Crippen LogP) is 3.48. The number of rotatable bonds is 7. The molecule has 0 aromatic heterocycles. The largest absolute Gasteiger partial charge is 0.301 e. The Morgan fingerprint density at radius 3 is 1.61 bits per heavy atom. The topological polar surface area (TPSA) is 6.48 Å². The van der Waals surface area contributed by atoms with Crippen LogP contribution in [0, 0.1) is 0 Å². The molecule has 2 nitrogen and oxygen atoms in total. The predicted molar refractivity (Wildman–Crippen MR) is 97.8 cm³/mol. The maximum atomic E-state index is 2.63. The molecule has 0 spiro atoms. The van der Waals surface area contributed by atoms with Gasteiger partial charge in [-0.1, -0.05) is 60.7 Å². The summed E-state index contributed by atoms with van der Waals surface area (Å²) in [7, 11) is 0. The molecule has 3 rings (SSSR count). The minimum atomic E-state index is 1.18. The van der Waals surface area contributed by atoms with Crippen molar-refractivity contribution in [2.75, 3.05) is 39.3 Å². The van der Waals surface area contributed by atoms with Crippen LogP contribution < -0.4 is 0 Å².